The predicted octanol–water partition coefficient (Wildman–Crippen LogP) is 1.34. The van der Waals surface area contributed by atoms with Gasteiger partial charge in [-0.15, -0.1) is 0 Å². The molecule has 0 bridgehead atoms. The van der Waals surface area contributed by atoms with Crippen molar-refractivity contribution in [1.82, 2.24) is 19.7 Å². The molecule has 0 fully saturated rings. The molecule has 0 saturated carbocycles. The molecule has 17 heavy (non-hydrogen) atoms. The van der Waals surface area contributed by atoms with Crippen LogP contribution in [0, 0.1) is 6.92 Å². The van der Waals surface area contributed by atoms with Gasteiger partial charge >= 0.3 is 6.09 Å². The quantitative estimate of drug-likeness (QED) is 0.684. The molecule has 6 nitrogen and oxygen atoms in total. The third kappa shape index (κ3) is 2.75. The zero-order valence-corrected chi connectivity index (χ0v) is 10.7. The van der Waals surface area contributed by atoms with E-state index >= 15 is 0 Å². The van der Waals surface area contributed by atoms with Crippen LogP contribution in [0.4, 0.5) is 4.79 Å². The summed E-state index contributed by atoms with van der Waals surface area (Å²) in [5.74, 6) is 1.56. The van der Waals surface area contributed by atoms with Gasteiger partial charge in [-0.25, -0.2) is 14.5 Å². The van der Waals surface area contributed by atoms with Gasteiger partial charge in [0.15, 0.2) is 0 Å². The summed E-state index contributed by atoms with van der Waals surface area (Å²) >= 11 is 0. The fraction of sp³-hybridized carbons (Fsp3) is 0.727. The van der Waals surface area contributed by atoms with Crippen LogP contribution in [0.5, 0.6) is 0 Å². The first-order chi connectivity index (χ1) is 7.85. The highest BCUT2D eigenvalue weighted by Gasteiger charge is 2.26. The van der Waals surface area contributed by atoms with Crippen molar-refractivity contribution >= 4 is 6.09 Å². The van der Waals surface area contributed by atoms with Gasteiger partial charge in [0, 0.05) is 6.54 Å². The Kier molecular flexibility index (Phi) is 2.81. The molecule has 2 rings (SSSR count). The topological polar surface area (TPSA) is 60.2 Å². The van der Waals surface area contributed by atoms with Crippen LogP contribution in [0.2, 0.25) is 0 Å². The normalized spacial score (nSPS) is 15.6. The Labute approximate surface area is 101 Å². The summed E-state index contributed by atoms with van der Waals surface area (Å²) in [6.07, 6.45) is -0.288. The lowest BCUT2D eigenvalue weighted by molar-refractivity contribution is 0.0190. The van der Waals surface area contributed by atoms with E-state index in [1.54, 1.807) is 4.90 Å². The largest absolute Gasteiger partial charge is 0.444 e. The molecule has 0 aliphatic carbocycles. The van der Waals surface area contributed by atoms with E-state index in [1.165, 1.54) is 0 Å². The summed E-state index contributed by atoms with van der Waals surface area (Å²) in [5, 5.41) is 4.25. The number of nitrogens with zero attached hydrogens (tertiary/aromatic N) is 4. The highest BCUT2D eigenvalue weighted by atomic mass is 16.6. The van der Waals surface area contributed by atoms with E-state index in [0.717, 1.165) is 11.6 Å². The molecule has 1 aliphatic rings. The van der Waals surface area contributed by atoms with Crippen molar-refractivity contribution in [3.8, 4) is 0 Å². The fourth-order valence-corrected chi connectivity index (χ4v) is 1.74. The third-order valence-corrected chi connectivity index (χ3v) is 2.42. The van der Waals surface area contributed by atoms with E-state index in [0.29, 0.717) is 19.6 Å². The SMILES string of the molecule is Cc1nc2n(n1)CCN(C(=O)OC(C)(C)C)C2. The second-order valence-electron chi connectivity index (χ2n) is 5.20. The number of rotatable bonds is 0. The van der Waals surface area contributed by atoms with Crippen molar-refractivity contribution < 1.29 is 9.53 Å². The maximum atomic E-state index is 11.9. The molecule has 94 valence electrons. The number of aromatic nitrogens is 3. The molecule has 0 N–H and O–H groups in total. The molecule has 1 aromatic heterocycles. The van der Waals surface area contributed by atoms with Crippen LogP contribution in [0.3, 0.4) is 0 Å². The maximum absolute atomic E-state index is 11.9. The lowest BCUT2D eigenvalue weighted by Crippen LogP contribution is -2.41. The molecule has 6 heteroatoms. The average molecular weight is 238 g/mol. The van der Waals surface area contributed by atoms with E-state index in [-0.39, 0.29) is 6.09 Å². The number of carbonyl (C=O) groups is 1. The molecular weight excluding hydrogens is 220 g/mol. The van der Waals surface area contributed by atoms with Crippen molar-refractivity contribution in [3.05, 3.63) is 11.6 Å². The Morgan fingerprint density at radius 2 is 2.06 bits per heavy atom. The van der Waals surface area contributed by atoms with Crippen molar-refractivity contribution in [1.29, 1.82) is 0 Å². The lowest BCUT2D eigenvalue weighted by Gasteiger charge is -2.29. The minimum atomic E-state index is -0.460. The molecule has 0 saturated heterocycles. The summed E-state index contributed by atoms with van der Waals surface area (Å²) in [6.45, 7) is 9.20. The van der Waals surface area contributed by atoms with Gasteiger partial charge in [0.1, 0.15) is 17.2 Å². The molecule has 0 spiro atoms. The molecule has 1 aromatic rings. The Morgan fingerprint density at radius 3 is 2.71 bits per heavy atom. The van der Waals surface area contributed by atoms with Crippen LogP contribution >= 0.6 is 0 Å². The number of carbonyl (C=O) groups excluding carboxylic acids is 1. The van der Waals surface area contributed by atoms with Crippen LogP contribution in [0.15, 0.2) is 0 Å². The van der Waals surface area contributed by atoms with E-state index in [4.69, 9.17) is 4.74 Å². The fourth-order valence-electron chi connectivity index (χ4n) is 1.74. The number of hydrogen-bond donors (Lipinski definition) is 0. The molecule has 0 unspecified atom stereocenters. The summed E-state index contributed by atoms with van der Waals surface area (Å²) < 4.78 is 7.17. The van der Waals surface area contributed by atoms with Gasteiger partial charge in [-0.2, -0.15) is 5.10 Å². The first-order valence-electron chi connectivity index (χ1n) is 5.73. The van der Waals surface area contributed by atoms with E-state index in [2.05, 4.69) is 10.1 Å². The van der Waals surface area contributed by atoms with Crippen molar-refractivity contribution in [3.63, 3.8) is 0 Å². The molecule has 0 atom stereocenters. The van der Waals surface area contributed by atoms with Crippen LogP contribution in [-0.4, -0.2) is 37.9 Å². The highest BCUT2D eigenvalue weighted by Crippen LogP contribution is 2.15. The van der Waals surface area contributed by atoms with Gasteiger partial charge < -0.3 is 4.74 Å². The van der Waals surface area contributed by atoms with Gasteiger partial charge in [0.2, 0.25) is 0 Å². The monoisotopic (exact) mass is 238 g/mol. The minimum absolute atomic E-state index is 0.288. The first-order valence-corrected chi connectivity index (χ1v) is 5.73. The Bertz CT molecular complexity index is 433. The lowest BCUT2D eigenvalue weighted by atomic mass is 10.2. The van der Waals surface area contributed by atoms with Gasteiger partial charge in [0.25, 0.3) is 0 Å². The van der Waals surface area contributed by atoms with E-state index in [1.807, 2.05) is 32.4 Å². The third-order valence-electron chi connectivity index (χ3n) is 2.42. The summed E-state index contributed by atoms with van der Waals surface area (Å²) in [4.78, 5) is 17.8. The molecule has 0 radical (unpaired) electrons. The molecule has 0 aromatic carbocycles. The number of aryl methyl sites for hydroxylation is 1. The second kappa shape index (κ2) is 4.01. The van der Waals surface area contributed by atoms with Crippen LogP contribution in [-0.2, 0) is 17.8 Å². The number of hydrogen-bond acceptors (Lipinski definition) is 4. The van der Waals surface area contributed by atoms with E-state index < -0.39 is 5.60 Å². The Balaban J connectivity index is 2.05. The van der Waals surface area contributed by atoms with Crippen molar-refractivity contribution in [2.24, 2.45) is 0 Å². The van der Waals surface area contributed by atoms with Crippen molar-refractivity contribution in [2.75, 3.05) is 6.54 Å². The highest BCUT2D eigenvalue weighted by molar-refractivity contribution is 5.68. The predicted molar refractivity (Wildman–Crippen MR) is 61.4 cm³/mol. The number of amides is 1. The Hall–Kier alpha value is -1.59. The van der Waals surface area contributed by atoms with Gasteiger partial charge in [-0.1, -0.05) is 0 Å². The maximum Gasteiger partial charge on any atom is 0.410 e. The first kappa shape index (κ1) is 11.9. The van der Waals surface area contributed by atoms with Crippen LogP contribution < -0.4 is 0 Å². The van der Waals surface area contributed by atoms with Crippen LogP contribution in [0.1, 0.15) is 32.4 Å². The second-order valence-corrected chi connectivity index (χ2v) is 5.20. The zero-order valence-electron chi connectivity index (χ0n) is 10.7. The van der Waals surface area contributed by atoms with Gasteiger partial charge in [0.05, 0.1) is 13.1 Å². The molecular formula is C11H18N4O2. The van der Waals surface area contributed by atoms with E-state index in [9.17, 15) is 4.79 Å². The summed E-state index contributed by atoms with van der Waals surface area (Å²) in [5.41, 5.74) is -0.460. The standard InChI is InChI=1S/C11H18N4O2/c1-8-12-9-7-14(5-6-15(9)13-8)10(16)17-11(2,3)4/h5-7H2,1-4H3. The van der Waals surface area contributed by atoms with Crippen LogP contribution in [0.25, 0.3) is 0 Å². The van der Waals surface area contributed by atoms with Gasteiger partial charge in [-0.3, -0.25) is 4.90 Å². The zero-order chi connectivity index (χ0) is 12.6. The smallest absolute Gasteiger partial charge is 0.410 e. The number of ether oxygens (including phenoxy) is 1. The average Bonchev–Trinajstić information content (AvgIpc) is 2.53. The molecule has 2 heterocycles. The van der Waals surface area contributed by atoms with Gasteiger partial charge in [-0.05, 0) is 27.7 Å². The molecule has 1 aliphatic heterocycles. The number of fused-ring (bicyclic) bond motifs is 1. The Morgan fingerprint density at radius 1 is 1.35 bits per heavy atom. The minimum Gasteiger partial charge on any atom is -0.444 e. The van der Waals surface area contributed by atoms with Crippen molar-refractivity contribution in [2.45, 2.75) is 46.4 Å². The summed E-state index contributed by atoms with van der Waals surface area (Å²) in [7, 11) is 0. The summed E-state index contributed by atoms with van der Waals surface area (Å²) in [6, 6.07) is 0. The molecule has 1 amide bonds.